The van der Waals surface area contributed by atoms with Crippen molar-refractivity contribution in [2.24, 2.45) is 17.1 Å². The van der Waals surface area contributed by atoms with Gasteiger partial charge in [-0.2, -0.15) is 0 Å². The van der Waals surface area contributed by atoms with Gasteiger partial charge in [0.2, 0.25) is 5.43 Å². The van der Waals surface area contributed by atoms with E-state index in [9.17, 15) is 19.1 Å². The van der Waals surface area contributed by atoms with Crippen LogP contribution in [0.5, 0.6) is 0 Å². The second-order valence-electron chi connectivity index (χ2n) is 8.82. The van der Waals surface area contributed by atoms with E-state index in [0.29, 0.717) is 18.7 Å². The molecule has 0 radical (unpaired) electrons. The number of aromatic carboxylic acids is 1. The summed E-state index contributed by atoms with van der Waals surface area (Å²) in [7, 11) is 0. The molecule has 2 fully saturated rings. The zero-order valence-electron chi connectivity index (χ0n) is 16.7. The summed E-state index contributed by atoms with van der Waals surface area (Å²) in [5.41, 5.74) is 5.33. The Morgan fingerprint density at radius 3 is 2.59 bits per heavy atom. The predicted octanol–water partition coefficient (Wildman–Crippen LogP) is 2.80. The van der Waals surface area contributed by atoms with Gasteiger partial charge in [-0.25, -0.2) is 14.2 Å². The van der Waals surface area contributed by atoms with Crippen LogP contribution in [0.3, 0.4) is 0 Å². The van der Waals surface area contributed by atoms with Crippen molar-refractivity contribution in [3.05, 3.63) is 33.9 Å². The van der Waals surface area contributed by atoms with E-state index < -0.39 is 17.2 Å². The van der Waals surface area contributed by atoms with Gasteiger partial charge in [0.1, 0.15) is 11.2 Å². The van der Waals surface area contributed by atoms with Crippen molar-refractivity contribution in [3.8, 4) is 0 Å². The van der Waals surface area contributed by atoms with Gasteiger partial charge in [0.25, 0.3) is 0 Å². The number of halogens is 2. The van der Waals surface area contributed by atoms with Crippen LogP contribution in [0.25, 0.3) is 11.0 Å². The van der Waals surface area contributed by atoms with E-state index in [1.165, 1.54) is 6.20 Å². The van der Waals surface area contributed by atoms with Gasteiger partial charge < -0.3 is 20.3 Å². The van der Waals surface area contributed by atoms with Crippen molar-refractivity contribution in [1.82, 2.24) is 9.55 Å². The van der Waals surface area contributed by atoms with Crippen molar-refractivity contribution in [2.45, 2.75) is 45.7 Å². The van der Waals surface area contributed by atoms with Crippen LogP contribution in [-0.4, -0.2) is 39.8 Å². The van der Waals surface area contributed by atoms with Crippen LogP contribution in [0.1, 0.15) is 50.0 Å². The normalized spacial score (nSPS) is 21.8. The average Bonchev–Trinajstić information content (AvgIpc) is 3.38. The molecule has 1 aliphatic carbocycles. The Labute approximate surface area is 174 Å². The highest BCUT2D eigenvalue weighted by atomic mass is 35.5. The lowest BCUT2D eigenvalue weighted by molar-refractivity contribution is 0.0695. The van der Waals surface area contributed by atoms with Crippen LogP contribution < -0.4 is 16.1 Å². The molecular weight excluding hydrogens is 399 g/mol. The molecule has 3 N–H and O–H groups in total. The zero-order valence-corrected chi connectivity index (χ0v) is 17.5. The number of anilines is 1. The SMILES string of the molecule is CC(N)C1CN(c2nc3c(cc2F)c(=O)c(C(=O)O)cn3C2CC2)CC1(C)C.Cl. The van der Waals surface area contributed by atoms with Crippen molar-refractivity contribution in [3.63, 3.8) is 0 Å². The summed E-state index contributed by atoms with van der Waals surface area (Å²) in [6.45, 7) is 7.37. The summed E-state index contributed by atoms with van der Waals surface area (Å²) < 4.78 is 16.7. The molecule has 2 unspecified atom stereocenters. The summed E-state index contributed by atoms with van der Waals surface area (Å²) in [5, 5.41) is 9.35. The zero-order chi connectivity index (χ0) is 20.4. The van der Waals surface area contributed by atoms with Gasteiger partial charge in [0.05, 0.1) is 5.39 Å². The van der Waals surface area contributed by atoms with E-state index >= 15 is 0 Å². The molecule has 2 atom stereocenters. The molecule has 0 amide bonds. The fourth-order valence-electron chi connectivity index (χ4n) is 4.44. The summed E-state index contributed by atoms with van der Waals surface area (Å²) in [5.74, 6) is -1.55. The first kappa shape index (κ1) is 21.5. The molecule has 1 saturated carbocycles. The first-order valence-electron chi connectivity index (χ1n) is 9.59. The molecule has 1 saturated heterocycles. The lowest BCUT2D eigenvalue weighted by atomic mass is 9.78. The highest BCUT2D eigenvalue weighted by Gasteiger charge is 2.42. The van der Waals surface area contributed by atoms with Crippen molar-refractivity contribution in [2.75, 3.05) is 18.0 Å². The van der Waals surface area contributed by atoms with Crippen LogP contribution in [0.2, 0.25) is 0 Å². The molecule has 0 aromatic carbocycles. The van der Waals surface area contributed by atoms with Gasteiger partial charge in [0.15, 0.2) is 11.6 Å². The number of carboxylic acid groups (broad SMARTS) is 1. The molecule has 9 heteroatoms. The second kappa shape index (κ2) is 7.25. The number of hydrogen-bond acceptors (Lipinski definition) is 5. The number of rotatable bonds is 4. The first-order valence-corrected chi connectivity index (χ1v) is 9.59. The minimum Gasteiger partial charge on any atom is -0.477 e. The fourth-order valence-corrected chi connectivity index (χ4v) is 4.44. The number of nitrogens with two attached hydrogens (primary N) is 1. The topological polar surface area (TPSA) is 101 Å². The predicted molar refractivity (Wildman–Crippen MR) is 112 cm³/mol. The molecule has 0 spiro atoms. The molecule has 158 valence electrons. The molecular formula is C20H26ClFN4O3. The monoisotopic (exact) mass is 424 g/mol. The Balaban J connectivity index is 0.00000240. The Morgan fingerprint density at radius 1 is 1.41 bits per heavy atom. The van der Waals surface area contributed by atoms with Gasteiger partial charge in [-0.1, -0.05) is 13.8 Å². The Kier molecular flexibility index (Phi) is 5.38. The van der Waals surface area contributed by atoms with E-state index in [4.69, 9.17) is 5.73 Å². The van der Waals surface area contributed by atoms with Crippen molar-refractivity contribution >= 4 is 35.2 Å². The smallest absolute Gasteiger partial charge is 0.341 e. The van der Waals surface area contributed by atoms with Gasteiger partial charge >= 0.3 is 5.97 Å². The number of aromatic nitrogens is 2. The molecule has 0 bridgehead atoms. The van der Waals surface area contributed by atoms with Gasteiger partial charge in [-0.05, 0) is 37.2 Å². The highest BCUT2D eigenvalue weighted by Crippen LogP contribution is 2.40. The largest absolute Gasteiger partial charge is 0.477 e. The van der Waals surface area contributed by atoms with Crippen LogP contribution in [0, 0.1) is 17.2 Å². The third kappa shape index (κ3) is 3.59. The standard InChI is InChI=1S/C20H25FN4O3.ClH/c1-10(22)14-8-24(9-20(14,2)3)18-15(21)6-12-16(26)13(19(27)28)7-25(11-4-5-11)17(12)23-18;/h6-7,10-11,14H,4-5,8-9,22H2,1-3H3,(H,27,28);1H. The van der Waals surface area contributed by atoms with Gasteiger partial charge in [-0.15, -0.1) is 12.4 Å². The highest BCUT2D eigenvalue weighted by molar-refractivity contribution is 5.92. The minimum atomic E-state index is -1.31. The molecule has 2 aromatic heterocycles. The summed E-state index contributed by atoms with van der Waals surface area (Å²) in [6, 6.07) is 1.20. The van der Waals surface area contributed by atoms with E-state index in [2.05, 4.69) is 18.8 Å². The van der Waals surface area contributed by atoms with Crippen LogP contribution in [-0.2, 0) is 0 Å². The van der Waals surface area contributed by atoms with Gasteiger partial charge in [-0.3, -0.25) is 4.79 Å². The number of carboxylic acids is 1. The summed E-state index contributed by atoms with van der Waals surface area (Å²) in [4.78, 5) is 30.4. The summed E-state index contributed by atoms with van der Waals surface area (Å²) >= 11 is 0. The van der Waals surface area contributed by atoms with Crippen LogP contribution >= 0.6 is 12.4 Å². The Bertz CT molecular complexity index is 1030. The third-order valence-electron chi connectivity index (χ3n) is 6.06. The molecule has 4 rings (SSSR count). The lowest BCUT2D eigenvalue weighted by Gasteiger charge is -2.27. The maximum Gasteiger partial charge on any atom is 0.341 e. The van der Waals surface area contributed by atoms with Gasteiger partial charge in [0, 0.05) is 31.4 Å². The minimum absolute atomic E-state index is 0. The number of nitrogens with zero attached hydrogens (tertiary/aromatic N) is 3. The first-order chi connectivity index (χ1) is 13.1. The number of hydrogen-bond donors (Lipinski definition) is 2. The molecule has 7 nitrogen and oxygen atoms in total. The average molecular weight is 425 g/mol. The van der Waals surface area contributed by atoms with Crippen LogP contribution in [0.15, 0.2) is 17.1 Å². The Hall–Kier alpha value is -2.19. The van der Waals surface area contributed by atoms with Crippen LogP contribution in [0.4, 0.5) is 10.2 Å². The fraction of sp³-hybridized carbons (Fsp3) is 0.550. The second-order valence-corrected chi connectivity index (χ2v) is 8.82. The number of fused-ring (bicyclic) bond motifs is 1. The van der Waals surface area contributed by atoms with Crippen molar-refractivity contribution in [1.29, 1.82) is 0 Å². The number of carbonyl (C=O) groups is 1. The molecule has 1 aliphatic heterocycles. The number of pyridine rings is 2. The molecule has 29 heavy (non-hydrogen) atoms. The van der Waals surface area contributed by atoms with E-state index in [0.717, 1.165) is 18.9 Å². The lowest BCUT2D eigenvalue weighted by Crippen LogP contribution is -2.36. The maximum absolute atomic E-state index is 15.0. The summed E-state index contributed by atoms with van der Waals surface area (Å²) in [6.07, 6.45) is 3.11. The van der Waals surface area contributed by atoms with E-state index in [1.54, 1.807) is 4.57 Å². The van der Waals surface area contributed by atoms with E-state index in [1.807, 2.05) is 11.8 Å². The molecule has 2 aromatic rings. The third-order valence-corrected chi connectivity index (χ3v) is 6.06. The quantitative estimate of drug-likeness (QED) is 0.782. The Morgan fingerprint density at radius 2 is 2.07 bits per heavy atom. The molecule has 3 heterocycles. The van der Waals surface area contributed by atoms with E-state index in [-0.39, 0.29) is 52.6 Å². The molecule has 2 aliphatic rings. The van der Waals surface area contributed by atoms with Crippen molar-refractivity contribution < 1.29 is 14.3 Å². The maximum atomic E-state index is 15.0.